The molecule has 2 aromatic heterocycles. The first kappa shape index (κ1) is 16.3. The van der Waals surface area contributed by atoms with Gasteiger partial charge in [0.1, 0.15) is 5.52 Å². The Morgan fingerprint density at radius 3 is 2.29 bits per heavy atom. The highest BCUT2D eigenvalue weighted by atomic mass is 16.1. The minimum Gasteiger partial charge on any atom is -0.287 e. The van der Waals surface area contributed by atoms with Crippen molar-refractivity contribution < 1.29 is 4.79 Å². The van der Waals surface area contributed by atoms with Crippen molar-refractivity contribution in [1.82, 2.24) is 19.7 Å². The zero-order valence-electron chi connectivity index (χ0n) is 15.2. The second kappa shape index (κ2) is 6.39. The predicted octanol–water partition coefficient (Wildman–Crippen LogP) is 4.51. The zero-order valence-corrected chi connectivity index (χ0v) is 15.2. The van der Waals surface area contributed by atoms with Gasteiger partial charge in [-0.15, -0.1) is 0 Å². The first-order chi connectivity index (χ1) is 13.7. The molecule has 0 aliphatic carbocycles. The Morgan fingerprint density at radius 2 is 1.54 bits per heavy atom. The molecule has 5 heteroatoms. The van der Waals surface area contributed by atoms with Crippen molar-refractivity contribution in [3.8, 4) is 5.69 Å². The molecule has 0 radical (unpaired) electrons. The molecule has 0 saturated carbocycles. The lowest BCUT2D eigenvalue weighted by Crippen LogP contribution is -2.04. The van der Waals surface area contributed by atoms with Gasteiger partial charge in [0.15, 0.2) is 11.3 Å². The Hall–Kier alpha value is -3.86. The van der Waals surface area contributed by atoms with Crippen LogP contribution in [0.15, 0.2) is 78.9 Å². The van der Waals surface area contributed by atoms with Crippen LogP contribution in [0.5, 0.6) is 0 Å². The maximum atomic E-state index is 13.2. The van der Waals surface area contributed by atoms with Gasteiger partial charge in [-0.25, -0.2) is 14.6 Å². The lowest BCUT2D eigenvalue weighted by molar-refractivity contribution is 0.103. The topological polar surface area (TPSA) is 60.7 Å². The van der Waals surface area contributed by atoms with E-state index in [2.05, 4.69) is 5.10 Å². The van der Waals surface area contributed by atoms with Crippen molar-refractivity contribution in [3.63, 3.8) is 0 Å². The van der Waals surface area contributed by atoms with Crippen molar-refractivity contribution in [2.45, 2.75) is 6.92 Å². The van der Waals surface area contributed by atoms with E-state index >= 15 is 0 Å². The molecule has 3 aromatic carbocycles. The van der Waals surface area contributed by atoms with Crippen LogP contribution in [0.1, 0.15) is 21.6 Å². The lowest BCUT2D eigenvalue weighted by Gasteiger charge is -2.04. The van der Waals surface area contributed by atoms with Gasteiger partial charge in [0, 0.05) is 5.56 Å². The van der Waals surface area contributed by atoms with E-state index in [0.717, 1.165) is 22.3 Å². The second-order valence-corrected chi connectivity index (χ2v) is 6.68. The average molecular weight is 364 g/mol. The number of aryl methyl sites for hydroxylation is 1. The van der Waals surface area contributed by atoms with Crippen LogP contribution in [0.3, 0.4) is 0 Å². The summed E-state index contributed by atoms with van der Waals surface area (Å²) in [7, 11) is 0. The Balaban J connectivity index is 1.82. The molecule has 0 bridgehead atoms. The Bertz CT molecular complexity index is 1340. The van der Waals surface area contributed by atoms with Crippen LogP contribution < -0.4 is 0 Å². The molecule has 0 saturated heterocycles. The van der Waals surface area contributed by atoms with Gasteiger partial charge in [0.25, 0.3) is 0 Å². The summed E-state index contributed by atoms with van der Waals surface area (Å²) in [5, 5.41) is 4.64. The summed E-state index contributed by atoms with van der Waals surface area (Å²) in [4.78, 5) is 22.7. The van der Waals surface area contributed by atoms with Gasteiger partial charge < -0.3 is 0 Å². The molecule has 5 nitrogen and oxygen atoms in total. The molecule has 0 spiro atoms. The van der Waals surface area contributed by atoms with Crippen LogP contribution in [0.25, 0.3) is 27.9 Å². The van der Waals surface area contributed by atoms with Crippen molar-refractivity contribution >= 4 is 28.0 Å². The molecule has 2 heterocycles. The van der Waals surface area contributed by atoms with Gasteiger partial charge in [-0.05, 0) is 36.8 Å². The smallest absolute Gasteiger partial charge is 0.215 e. The van der Waals surface area contributed by atoms with Crippen LogP contribution in [-0.2, 0) is 0 Å². The summed E-state index contributed by atoms with van der Waals surface area (Å²) in [6.07, 6.45) is 0. The molecule has 5 aromatic rings. The van der Waals surface area contributed by atoms with E-state index in [-0.39, 0.29) is 5.78 Å². The fourth-order valence-electron chi connectivity index (χ4n) is 3.31. The number of hydrogen-bond acceptors (Lipinski definition) is 4. The van der Waals surface area contributed by atoms with Gasteiger partial charge in [-0.2, -0.15) is 5.10 Å². The zero-order chi connectivity index (χ0) is 19.1. The molecule has 0 N–H and O–H groups in total. The summed E-state index contributed by atoms with van der Waals surface area (Å²) in [5.41, 5.74) is 5.42. The molecular weight excluding hydrogens is 348 g/mol. The van der Waals surface area contributed by atoms with E-state index in [1.165, 1.54) is 0 Å². The normalized spacial score (nSPS) is 11.2. The van der Waals surface area contributed by atoms with Gasteiger partial charge in [-0.3, -0.25) is 4.79 Å². The Kier molecular flexibility index (Phi) is 3.72. The van der Waals surface area contributed by atoms with Gasteiger partial charge >= 0.3 is 0 Å². The van der Waals surface area contributed by atoms with E-state index in [1.54, 1.807) is 16.8 Å². The molecule has 0 fully saturated rings. The van der Waals surface area contributed by atoms with Crippen molar-refractivity contribution in [3.05, 3.63) is 95.7 Å². The summed E-state index contributed by atoms with van der Waals surface area (Å²) >= 11 is 0. The number of rotatable bonds is 3. The molecule has 0 aliphatic heterocycles. The second-order valence-electron chi connectivity index (χ2n) is 6.68. The third-order valence-corrected chi connectivity index (χ3v) is 4.67. The number of ketones is 1. The minimum absolute atomic E-state index is 0.165. The molecule has 5 rings (SSSR count). The molecule has 0 aliphatic rings. The number of carbonyl (C=O) groups excluding carboxylic acids is 1. The number of benzene rings is 3. The molecular formula is C23H16N4O. The van der Waals surface area contributed by atoms with Gasteiger partial charge in [0.2, 0.25) is 5.78 Å². The quantitative estimate of drug-likeness (QED) is 0.442. The SMILES string of the molecule is Cc1cccc(-n2nc(C(=O)c3ccccc3)c3nc4ccccc4nc32)c1. The number of hydrogen-bond donors (Lipinski definition) is 0. The Morgan fingerprint density at radius 1 is 0.821 bits per heavy atom. The Labute approximate surface area is 161 Å². The first-order valence-corrected chi connectivity index (χ1v) is 9.03. The molecule has 134 valence electrons. The highest BCUT2D eigenvalue weighted by Crippen LogP contribution is 2.24. The standard InChI is InChI=1S/C23H16N4O/c1-15-8-7-11-17(14-15)27-23-21(24-18-12-5-6-13-19(18)25-23)20(26-27)22(28)16-9-3-2-4-10-16/h2-14H,1H3. The summed E-state index contributed by atoms with van der Waals surface area (Å²) in [6, 6.07) is 24.7. The minimum atomic E-state index is -0.165. The van der Waals surface area contributed by atoms with Crippen LogP contribution in [0.4, 0.5) is 0 Å². The maximum absolute atomic E-state index is 13.2. The maximum Gasteiger partial charge on any atom is 0.215 e. The van der Waals surface area contributed by atoms with Gasteiger partial charge in [0.05, 0.1) is 16.7 Å². The van der Waals surface area contributed by atoms with Crippen molar-refractivity contribution in [2.75, 3.05) is 0 Å². The fourth-order valence-corrected chi connectivity index (χ4v) is 3.31. The fraction of sp³-hybridized carbons (Fsp3) is 0.0435. The molecule has 0 atom stereocenters. The lowest BCUT2D eigenvalue weighted by atomic mass is 10.1. The van der Waals surface area contributed by atoms with E-state index in [9.17, 15) is 4.79 Å². The van der Waals surface area contributed by atoms with Crippen molar-refractivity contribution in [2.24, 2.45) is 0 Å². The van der Waals surface area contributed by atoms with Crippen LogP contribution >= 0.6 is 0 Å². The van der Waals surface area contributed by atoms with Crippen LogP contribution in [0, 0.1) is 6.92 Å². The van der Waals surface area contributed by atoms with Gasteiger partial charge in [-0.1, -0.05) is 54.6 Å². The summed E-state index contributed by atoms with van der Waals surface area (Å²) in [6.45, 7) is 2.02. The van der Waals surface area contributed by atoms with E-state index in [4.69, 9.17) is 9.97 Å². The molecule has 0 amide bonds. The highest BCUT2D eigenvalue weighted by Gasteiger charge is 2.22. The van der Waals surface area contributed by atoms with Crippen LogP contribution in [0.2, 0.25) is 0 Å². The third-order valence-electron chi connectivity index (χ3n) is 4.67. The number of carbonyl (C=O) groups is 1. The largest absolute Gasteiger partial charge is 0.287 e. The monoisotopic (exact) mass is 364 g/mol. The highest BCUT2D eigenvalue weighted by molar-refractivity contribution is 6.14. The summed E-state index contributed by atoms with van der Waals surface area (Å²) in [5.74, 6) is -0.165. The number of fused-ring (bicyclic) bond motifs is 2. The van der Waals surface area contributed by atoms with Crippen molar-refractivity contribution in [1.29, 1.82) is 0 Å². The number of para-hydroxylation sites is 2. The number of aromatic nitrogens is 4. The van der Waals surface area contributed by atoms with Crippen LogP contribution in [-0.4, -0.2) is 25.5 Å². The van der Waals surface area contributed by atoms with E-state index in [0.29, 0.717) is 22.4 Å². The predicted molar refractivity (Wildman–Crippen MR) is 109 cm³/mol. The van der Waals surface area contributed by atoms with E-state index in [1.807, 2.05) is 73.7 Å². The first-order valence-electron chi connectivity index (χ1n) is 9.03. The third kappa shape index (κ3) is 2.65. The molecule has 28 heavy (non-hydrogen) atoms. The molecule has 0 unspecified atom stereocenters. The summed E-state index contributed by atoms with van der Waals surface area (Å²) < 4.78 is 1.71. The number of nitrogens with zero attached hydrogens (tertiary/aromatic N) is 4. The average Bonchev–Trinajstić information content (AvgIpc) is 3.10. The van der Waals surface area contributed by atoms with E-state index < -0.39 is 0 Å².